The number of carbonyl (C=O) groups excluding carboxylic acids is 1. The maximum absolute atomic E-state index is 12.2. The molecule has 2 aromatic rings. The number of benzene rings is 1. The van der Waals surface area contributed by atoms with Gasteiger partial charge in [-0.25, -0.2) is 4.79 Å². The zero-order chi connectivity index (χ0) is 13.9. The van der Waals surface area contributed by atoms with E-state index in [2.05, 4.69) is 10.3 Å². The van der Waals surface area contributed by atoms with Crippen LogP contribution in [0.15, 0.2) is 30.5 Å². The lowest BCUT2D eigenvalue weighted by Crippen LogP contribution is -2.43. The van der Waals surface area contributed by atoms with Crippen molar-refractivity contribution in [2.45, 2.75) is 0 Å². The number of phenolic OH excluding ortho intramolecular Hbond substituents is 1. The number of hydrogen-bond acceptors (Lipinski definition) is 4. The van der Waals surface area contributed by atoms with E-state index in [1.807, 2.05) is 6.07 Å². The van der Waals surface area contributed by atoms with Crippen LogP contribution < -0.4 is 5.32 Å². The van der Waals surface area contributed by atoms with Crippen molar-refractivity contribution in [2.75, 3.05) is 31.6 Å². The fraction of sp³-hybridized carbons (Fsp3) is 0.286. The highest BCUT2D eigenvalue weighted by Gasteiger charge is 2.17. The predicted molar refractivity (Wildman–Crippen MR) is 74.8 cm³/mol. The maximum Gasteiger partial charge on any atom is 0.322 e. The molecule has 0 spiro atoms. The van der Waals surface area contributed by atoms with Gasteiger partial charge < -0.3 is 20.1 Å². The summed E-state index contributed by atoms with van der Waals surface area (Å²) in [5.41, 5.74) is 1.12. The van der Waals surface area contributed by atoms with Crippen LogP contribution in [0, 0.1) is 0 Å². The Morgan fingerprint density at radius 1 is 1.30 bits per heavy atom. The van der Waals surface area contributed by atoms with E-state index in [1.165, 1.54) is 6.07 Å². The Hall–Kier alpha value is -2.34. The van der Waals surface area contributed by atoms with Crippen molar-refractivity contribution in [2.24, 2.45) is 0 Å². The van der Waals surface area contributed by atoms with E-state index < -0.39 is 0 Å². The molecule has 0 aliphatic carbocycles. The first kappa shape index (κ1) is 12.7. The molecule has 0 radical (unpaired) electrons. The van der Waals surface area contributed by atoms with E-state index in [0.29, 0.717) is 42.9 Å². The van der Waals surface area contributed by atoms with Crippen LogP contribution in [0.5, 0.6) is 5.75 Å². The molecule has 3 rings (SSSR count). The zero-order valence-corrected chi connectivity index (χ0v) is 10.9. The number of pyridine rings is 1. The standard InChI is InChI=1S/C14H15N3O3/c18-12-4-3-11(10-2-1-5-15-13(10)12)16-14(19)17-6-8-20-9-7-17/h1-5,18H,6-9H2,(H,16,19). The van der Waals surface area contributed by atoms with Crippen molar-refractivity contribution in [1.29, 1.82) is 0 Å². The molecule has 1 fully saturated rings. The lowest BCUT2D eigenvalue weighted by Gasteiger charge is -2.27. The molecule has 1 aromatic heterocycles. The molecule has 0 bridgehead atoms. The van der Waals surface area contributed by atoms with E-state index in [0.717, 1.165) is 0 Å². The number of phenols is 1. The third-order valence-electron chi connectivity index (χ3n) is 3.29. The monoisotopic (exact) mass is 273 g/mol. The summed E-state index contributed by atoms with van der Waals surface area (Å²) in [6.45, 7) is 2.29. The number of aromatic nitrogens is 1. The van der Waals surface area contributed by atoms with Crippen LogP contribution in [0.2, 0.25) is 0 Å². The normalized spacial score (nSPS) is 15.3. The van der Waals surface area contributed by atoms with Crippen molar-refractivity contribution in [3.05, 3.63) is 30.5 Å². The lowest BCUT2D eigenvalue weighted by molar-refractivity contribution is 0.0565. The number of ether oxygens (including phenoxy) is 1. The van der Waals surface area contributed by atoms with E-state index >= 15 is 0 Å². The number of fused-ring (bicyclic) bond motifs is 1. The summed E-state index contributed by atoms with van der Waals surface area (Å²) in [5, 5.41) is 13.4. The summed E-state index contributed by atoms with van der Waals surface area (Å²) >= 11 is 0. The number of aromatic hydroxyl groups is 1. The van der Waals surface area contributed by atoms with Gasteiger partial charge in [0.15, 0.2) is 0 Å². The predicted octanol–water partition coefficient (Wildman–Crippen LogP) is 1.80. The van der Waals surface area contributed by atoms with Gasteiger partial charge in [0.05, 0.1) is 18.9 Å². The van der Waals surface area contributed by atoms with Crippen LogP contribution in [0.4, 0.5) is 10.5 Å². The Morgan fingerprint density at radius 3 is 2.90 bits per heavy atom. The molecule has 1 saturated heterocycles. The van der Waals surface area contributed by atoms with Gasteiger partial charge in [0.1, 0.15) is 11.3 Å². The number of nitrogens with zero attached hydrogens (tertiary/aromatic N) is 2. The van der Waals surface area contributed by atoms with Crippen molar-refractivity contribution in [3.63, 3.8) is 0 Å². The molecule has 1 aromatic carbocycles. The Morgan fingerprint density at radius 2 is 2.10 bits per heavy atom. The fourth-order valence-electron chi connectivity index (χ4n) is 2.23. The number of carbonyl (C=O) groups is 1. The van der Waals surface area contributed by atoms with Gasteiger partial charge in [-0.2, -0.15) is 0 Å². The first-order valence-electron chi connectivity index (χ1n) is 6.46. The van der Waals surface area contributed by atoms with Crippen molar-refractivity contribution in [3.8, 4) is 5.75 Å². The molecule has 0 saturated carbocycles. The minimum absolute atomic E-state index is 0.102. The van der Waals surface area contributed by atoms with E-state index in [-0.39, 0.29) is 11.8 Å². The van der Waals surface area contributed by atoms with Gasteiger partial charge in [0, 0.05) is 24.7 Å². The average Bonchev–Trinajstić information content (AvgIpc) is 2.51. The van der Waals surface area contributed by atoms with Gasteiger partial charge in [-0.05, 0) is 24.3 Å². The first-order valence-corrected chi connectivity index (χ1v) is 6.46. The SMILES string of the molecule is O=C(Nc1ccc(O)c2ncccc12)N1CCOCC1. The largest absolute Gasteiger partial charge is 0.506 e. The second kappa shape index (κ2) is 5.34. The topological polar surface area (TPSA) is 74.7 Å². The third kappa shape index (κ3) is 2.37. The molecule has 0 atom stereocenters. The van der Waals surface area contributed by atoms with E-state index in [4.69, 9.17) is 4.74 Å². The number of anilines is 1. The molecule has 1 aliphatic heterocycles. The van der Waals surface area contributed by atoms with Gasteiger partial charge in [-0.1, -0.05) is 0 Å². The smallest absolute Gasteiger partial charge is 0.322 e. The molecule has 2 amide bonds. The molecule has 104 valence electrons. The second-order valence-electron chi connectivity index (χ2n) is 4.56. The van der Waals surface area contributed by atoms with Crippen LogP contribution in [0.1, 0.15) is 0 Å². The van der Waals surface area contributed by atoms with E-state index in [1.54, 1.807) is 23.2 Å². The molecule has 0 unspecified atom stereocenters. The number of nitrogens with one attached hydrogen (secondary N) is 1. The molecule has 6 heteroatoms. The summed E-state index contributed by atoms with van der Waals surface area (Å²) in [4.78, 5) is 18.0. The number of rotatable bonds is 1. The Balaban J connectivity index is 1.87. The number of amides is 2. The highest BCUT2D eigenvalue weighted by Crippen LogP contribution is 2.29. The molecule has 20 heavy (non-hydrogen) atoms. The molecular weight excluding hydrogens is 258 g/mol. The van der Waals surface area contributed by atoms with Gasteiger partial charge in [0.25, 0.3) is 0 Å². The Bertz CT molecular complexity index is 639. The highest BCUT2D eigenvalue weighted by molar-refractivity contribution is 6.02. The number of urea groups is 1. The van der Waals surface area contributed by atoms with Gasteiger partial charge >= 0.3 is 6.03 Å². The second-order valence-corrected chi connectivity index (χ2v) is 4.56. The van der Waals surface area contributed by atoms with Crippen molar-refractivity contribution in [1.82, 2.24) is 9.88 Å². The maximum atomic E-state index is 12.2. The van der Waals surface area contributed by atoms with Crippen LogP contribution in [0.3, 0.4) is 0 Å². The van der Waals surface area contributed by atoms with Crippen molar-refractivity contribution >= 4 is 22.6 Å². The average molecular weight is 273 g/mol. The first-order chi connectivity index (χ1) is 9.75. The van der Waals surface area contributed by atoms with Crippen molar-refractivity contribution < 1.29 is 14.6 Å². The van der Waals surface area contributed by atoms with Crippen LogP contribution in [-0.2, 0) is 4.74 Å². The minimum Gasteiger partial charge on any atom is -0.506 e. The van der Waals surface area contributed by atoms with Gasteiger partial charge in [0.2, 0.25) is 0 Å². The molecular formula is C14H15N3O3. The minimum atomic E-state index is -0.163. The summed E-state index contributed by atoms with van der Waals surface area (Å²) in [5.74, 6) is 0.102. The number of morpholine rings is 1. The Labute approximate surface area is 116 Å². The molecule has 2 heterocycles. The van der Waals surface area contributed by atoms with Gasteiger partial charge in [-0.3, -0.25) is 4.98 Å². The summed E-state index contributed by atoms with van der Waals surface area (Å²) in [7, 11) is 0. The fourth-order valence-corrected chi connectivity index (χ4v) is 2.23. The van der Waals surface area contributed by atoms with Crippen LogP contribution in [0.25, 0.3) is 10.9 Å². The summed E-state index contributed by atoms with van der Waals surface area (Å²) in [6.07, 6.45) is 1.61. The van der Waals surface area contributed by atoms with Gasteiger partial charge in [-0.15, -0.1) is 0 Å². The molecule has 2 N–H and O–H groups in total. The zero-order valence-electron chi connectivity index (χ0n) is 10.9. The molecule has 6 nitrogen and oxygen atoms in total. The summed E-state index contributed by atoms with van der Waals surface area (Å²) < 4.78 is 5.22. The van der Waals surface area contributed by atoms with Crippen LogP contribution in [-0.4, -0.2) is 47.3 Å². The van der Waals surface area contributed by atoms with E-state index in [9.17, 15) is 9.90 Å². The van der Waals surface area contributed by atoms with Crippen LogP contribution >= 0.6 is 0 Å². The Kier molecular flexibility index (Phi) is 3.39. The highest BCUT2D eigenvalue weighted by atomic mass is 16.5. The third-order valence-corrected chi connectivity index (χ3v) is 3.29. The number of hydrogen-bond donors (Lipinski definition) is 2. The molecule has 1 aliphatic rings. The summed E-state index contributed by atoms with van der Waals surface area (Å²) in [6, 6.07) is 6.63. The quantitative estimate of drug-likeness (QED) is 0.777. The lowest BCUT2D eigenvalue weighted by atomic mass is 10.1.